The highest BCUT2D eigenvalue weighted by Gasteiger charge is 2.42. The fraction of sp³-hybridized carbons (Fsp3) is 0.688. The molecule has 0 aliphatic carbocycles. The van der Waals surface area contributed by atoms with Gasteiger partial charge in [-0.3, -0.25) is 4.79 Å². The molecule has 0 rings (SSSR count). The van der Waals surface area contributed by atoms with E-state index in [2.05, 4.69) is 13.2 Å². The molecule has 0 amide bonds. The Balaban J connectivity index is 5.09. The lowest BCUT2D eigenvalue weighted by Crippen LogP contribution is -2.43. The fourth-order valence-electron chi connectivity index (χ4n) is 2.06. The van der Waals surface area contributed by atoms with Crippen molar-refractivity contribution in [3.05, 3.63) is 24.8 Å². The summed E-state index contributed by atoms with van der Waals surface area (Å²) in [7, 11) is 1.56. The van der Waals surface area contributed by atoms with Gasteiger partial charge in [-0.15, -0.1) is 13.2 Å². The third-order valence-electron chi connectivity index (χ3n) is 3.24. The van der Waals surface area contributed by atoms with Crippen LogP contribution in [-0.2, 0) is 19.0 Å². The van der Waals surface area contributed by atoms with Crippen molar-refractivity contribution in [1.82, 2.24) is 0 Å². The van der Waals surface area contributed by atoms with E-state index in [1.165, 1.54) is 0 Å². The summed E-state index contributed by atoms with van der Waals surface area (Å²) in [4.78, 5) is 12.3. The van der Waals surface area contributed by atoms with Gasteiger partial charge in [-0.2, -0.15) is 0 Å². The van der Waals surface area contributed by atoms with Crippen molar-refractivity contribution < 1.29 is 19.0 Å². The summed E-state index contributed by atoms with van der Waals surface area (Å²) in [6.07, 6.45) is 3.41. The van der Waals surface area contributed by atoms with Gasteiger partial charge in [-0.1, -0.05) is 11.6 Å². The van der Waals surface area contributed by atoms with Crippen LogP contribution in [0.25, 0.3) is 0 Å². The number of carbonyl (C=O) groups is 1. The molecule has 0 aromatic heterocycles. The van der Waals surface area contributed by atoms with E-state index in [9.17, 15) is 4.79 Å². The summed E-state index contributed by atoms with van der Waals surface area (Å²) in [5, 5.41) is 0. The predicted octanol–water partition coefficient (Wildman–Crippen LogP) is 3.48. The van der Waals surface area contributed by atoms with E-state index in [0.717, 1.165) is 12.0 Å². The van der Waals surface area contributed by atoms with E-state index in [0.29, 0.717) is 19.4 Å². The van der Waals surface area contributed by atoms with Crippen molar-refractivity contribution in [2.24, 2.45) is 5.41 Å². The molecule has 0 aliphatic rings. The van der Waals surface area contributed by atoms with Crippen LogP contribution in [0.15, 0.2) is 24.8 Å². The van der Waals surface area contributed by atoms with Gasteiger partial charge in [0.25, 0.3) is 0 Å². The maximum Gasteiger partial charge on any atom is 0.314 e. The highest BCUT2D eigenvalue weighted by molar-refractivity contribution is 5.77. The smallest absolute Gasteiger partial charge is 0.314 e. The first-order valence-electron chi connectivity index (χ1n) is 6.95. The Hall–Kier alpha value is -1.13. The van der Waals surface area contributed by atoms with Crippen molar-refractivity contribution in [2.75, 3.05) is 20.5 Å². The number of methoxy groups -OCH3 is 1. The lowest BCUT2D eigenvalue weighted by atomic mass is 9.78. The molecule has 0 aromatic rings. The second kappa shape index (κ2) is 9.72. The Morgan fingerprint density at radius 3 is 2.55 bits per heavy atom. The number of hydrogen-bond donors (Lipinski definition) is 0. The van der Waals surface area contributed by atoms with Crippen LogP contribution in [-0.4, -0.2) is 32.6 Å². The third kappa shape index (κ3) is 5.88. The maximum absolute atomic E-state index is 12.3. The maximum atomic E-state index is 12.3. The topological polar surface area (TPSA) is 44.8 Å². The first-order valence-corrected chi connectivity index (χ1v) is 6.95. The lowest BCUT2D eigenvalue weighted by molar-refractivity contribution is -0.173. The molecule has 0 aromatic carbocycles. The molecule has 0 N–H and O–H groups in total. The second-order valence-corrected chi connectivity index (χ2v) is 5.19. The van der Waals surface area contributed by atoms with Gasteiger partial charge < -0.3 is 14.2 Å². The number of carbonyl (C=O) groups excluding carboxylic acids is 1. The molecular weight excluding hydrogens is 256 g/mol. The number of rotatable bonds is 11. The number of hydrogen-bond acceptors (Lipinski definition) is 4. The first-order chi connectivity index (χ1) is 9.42. The average Bonchev–Trinajstić information content (AvgIpc) is 2.38. The third-order valence-corrected chi connectivity index (χ3v) is 3.24. The van der Waals surface area contributed by atoms with Crippen LogP contribution < -0.4 is 0 Å². The largest absolute Gasteiger partial charge is 0.465 e. The van der Waals surface area contributed by atoms with E-state index in [-0.39, 0.29) is 18.9 Å². The van der Waals surface area contributed by atoms with Crippen LogP contribution in [0.5, 0.6) is 0 Å². The summed E-state index contributed by atoms with van der Waals surface area (Å²) in [5.74, 6) is -0.261. The monoisotopic (exact) mass is 284 g/mol. The molecule has 0 radical (unpaired) electrons. The van der Waals surface area contributed by atoms with E-state index in [1.54, 1.807) is 20.1 Å². The molecule has 0 aliphatic heterocycles. The number of ether oxygens (including phenoxy) is 3. The molecule has 0 fully saturated rings. The normalized spacial score (nSPS) is 15.2. The molecule has 20 heavy (non-hydrogen) atoms. The quantitative estimate of drug-likeness (QED) is 0.331. The van der Waals surface area contributed by atoms with Crippen molar-refractivity contribution in [2.45, 2.75) is 46.1 Å². The summed E-state index contributed by atoms with van der Waals surface area (Å²) >= 11 is 0. The van der Waals surface area contributed by atoms with Gasteiger partial charge in [0.1, 0.15) is 6.79 Å². The Labute approximate surface area is 122 Å². The van der Waals surface area contributed by atoms with Crippen LogP contribution in [0.1, 0.15) is 40.0 Å². The number of esters is 1. The standard InChI is InChI=1S/C16H28O4/c1-7-11-16(5,15(17)19-8-2)14(20-12-18-6)10-9-13(3)4/h7,14H,1,3,8-12H2,2,4-6H3. The van der Waals surface area contributed by atoms with E-state index in [4.69, 9.17) is 14.2 Å². The summed E-state index contributed by atoms with van der Waals surface area (Å²) in [6.45, 7) is 13.7. The van der Waals surface area contributed by atoms with Crippen molar-refractivity contribution in [1.29, 1.82) is 0 Å². The van der Waals surface area contributed by atoms with Gasteiger partial charge in [-0.25, -0.2) is 0 Å². The highest BCUT2D eigenvalue weighted by atomic mass is 16.7. The molecule has 0 heterocycles. The van der Waals surface area contributed by atoms with E-state index >= 15 is 0 Å². The minimum atomic E-state index is -0.758. The van der Waals surface area contributed by atoms with E-state index < -0.39 is 5.41 Å². The van der Waals surface area contributed by atoms with Gasteiger partial charge >= 0.3 is 5.97 Å². The van der Waals surface area contributed by atoms with Crippen LogP contribution in [0.2, 0.25) is 0 Å². The van der Waals surface area contributed by atoms with Crippen molar-refractivity contribution in [3.63, 3.8) is 0 Å². The van der Waals surface area contributed by atoms with E-state index in [1.807, 2.05) is 13.8 Å². The number of allylic oxidation sites excluding steroid dienone is 2. The van der Waals surface area contributed by atoms with Crippen LogP contribution in [0.4, 0.5) is 0 Å². The van der Waals surface area contributed by atoms with Gasteiger partial charge in [0.05, 0.1) is 18.1 Å². The minimum Gasteiger partial charge on any atom is -0.465 e. The van der Waals surface area contributed by atoms with Crippen molar-refractivity contribution >= 4 is 5.97 Å². The summed E-state index contributed by atoms with van der Waals surface area (Å²) < 4.78 is 15.9. The molecule has 2 atom stereocenters. The molecule has 0 spiro atoms. The van der Waals surface area contributed by atoms with Gasteiger partial charge in [0.15, 0.2) is 0 Å². The van der Waals surface area contributed by atoms with Crippen LogP contribution in [0, 0.1) is 5.41 Å². The molecule has 2 unspecified atom stereocenters. The van der Waals surface area contributed by atoms with Crippen LogP contribution in [0.3, 0.4) is 0 Å². The Kier molecular flexibility index (Phi) is 9.17. The Bertz CT molecular complexity index is 324. The fourth-order valence-corrected chi connectivity index (χ4v) is 2.06. The second-order valence-electron chi connectivity index (χ2n) is 5.19. The molecule has 4 heteroatoms. The predicted molar refractivity (Wildman–Crippen MR) is 80.4 cm³/mol. The highest BCUT2D eigenvalue weighted by Crippen LogP contribution is 2.34. The molecule has 116 valence electrons. The Morgan fingerprint density at radius 1 is 1.45 bits per heavy atom. The zero-order valence-electron chi connectivity index (χ0n) is 13.2. The zero-order chi connectivity index (χ0) is 15.6. The lowest BCUT2D eigenvalue weighted by Gasteiger charge is -2.34. The average molecular weight is 284 g/mol. The zero-order valence-corrected chi connectivity index (χ0v) is 13.2. The van der Waals surface area contributed by atoms with Gasteiger partial charge in [-0.05, 0) is 40.0 Å². The SMILES string of the molecule is C=CCC(C)(C(=O)OCC)C(CCC(=C)C)OCOC. The summed E-state index contributed by atoms with van der Waals surface area (Å²) in [5.41, 5.74) is 0.298. The van der Waals surface area contributed by atoms with Gasteiger partial charge in [0, 0.05) is 7.11 Å². The van der Waals surface area contributed by atoms with Gasteiger partial charge in [0.2, 0.25) is 0 Å². The Morgan fingerprint density at radius 2 is 2.10 bits per heavy atom. The first kappa shape index (κ1) is 18.9. The molecule has 0 bridgehead atoms. The summed E-state index contributed by atoms with van der Waals surface area (Å²) in [6, 6.07) is 0. The van der Waals surface area contributed by atoms with Crippen LogP contribution >= 0.6 is 0 Å². The molecular formula is C16H28O4. The molecule has 0 saturated heterocycles. The molecule has 4 nitrogen and oxygen atoms in total. The van der Waals surface area contributed by atoms with Crippen molar-refractivity contribution in [3.8, 4) is 0 Å². The molecule has 0 saturated carbocycles. The minimum absolute atomic E-state index is 0.146.